The number of aromatic nitrogens is 4. The summed E-state index contributed by atoms with van der Waals surface area (Å²) >= 11 is 0. The maximum absolute atomic E-state index is 12.8. The van der Waals surface area contributed by atoms with E-state index in [0.717, 1.165) is 0 Å². The average molecular weight is 370 g/mol. The Morgan fingerprint density at radius 2 is 2.22 bits per heavy atom. The number of carbonyl (C=O) groups excluding carboxylic acids is 1. The van der Waals surface area contributed by atoms with Gasteiger partial charge in [0, 0.05) is 30.4 Å². The number of rotatable bonds is 4. The number of fused-ring (bicyclic) bond motifs is 1. The molecule has 0 radical (unpaired) electrons. The van der Waals surface area contributed by atoms with Crippen LogP contribution in [0.5, 0.6) is 0 Å². The SMILES string of the molecule is C[C@@H](CC#Cc1cnc(N)c(C(F)F)c1)NC(=O)c1nc2ncccc2[nH]1. The zero-order valence-electron chi connectivity index (χ0n) is 14.3. The fourth-order valence-corrected chi connectivity index (χ4v) is 2.34. The molecule has 0 saturated heterocycles. The van der Waals surface area contributed by atoms with E-state index in [2.05, 4.69) is 37.1 Å². The van der Waals surface area contributed by atoms with E-state index in [1.165, 1.54) is 12.3 Å². The molecule has 3 aromatic rings. The standard InChI is InChI=1S/C18H16F2N6O/c1-10(4-2-5-11-8-12(14(19)20)15(21)23-9-11)24-18(27)17-25-13-6-3-7-22-16(13)26-17/h3,6-10,14H,4H2,1H3,(H2,21,23)(H,24,27)(H,22,25,26)/t10-/m0/s1. The zero-order valence-corrected chi connectivity index (χ0v) is 14.3. The Labute approximate surface area is 153 Å². The largest absolute Gasteiger partial charge is 0.383 e. The topological polar surface area (TPSA) is 110 Å². The Kier molecular flexibility index (Phi) is 5.26. The van der Waals surface area contributed by atoms with E-state index in [0.29, 0.717) is 23.1 Å². The van der Waals surface area contributed by atoms with E-state index in [1.54, 1.807) is 25.3 Å². The first-order valence-electron chi connectivity index (χ1n) is 8.08. The van der Waals surface area contributed by atoms with Crippen LogP contribution in [0.15, 0.2) is 30.6 Å². The lowest BCUT2D eigenvalue weighted by molar-refractivity contribution is 0.0931. The highest BCUT2D eigenvalue weighted by Crippen LogP contribution is 2.23. The number of anilines is 1. The number of amides is 1. The second-order valence-corrected chi connectivity index (χ2v) is 5.84. The minimum Gasteiger partial charge on any atom is -0.383 e. The third-order valence-electron chi connectivity index (χ3n) is 3.68. The molecular weight excluding hydrogens is 354 g/mol. The van der Waals surface area contributed by atoms with Crippen molar-refractivity contribution in [2.75, 3.05) is 5.73 Å². The molecule has 0 fully saturated rings. The lowest BCUT2D eigenvalue weighted by Gasteiger charge is -2.09. The van der Waals surface area contributed by atoms with Crippen molar-refractivity contribution in [3.8, 4) is 11.8 Å². The molecule has 3 heterocycles. The third kappa shape index (κ3) is 4.36. The van der Waals surface area contributed by atoms with Gasteiger partial charge in [0.15, 0.2) is 11.5 Å². The number of nitrogens with zero attached hydrogens (tertiary/aromatic N) is 3. The Hall–Kier alpha value is -3.54. The van der Waals surface area contributed by atoms with Gasteiger partial charge in [-0.15, -0.1) is 0 Å². The van der Waals surface area contributed by atoms with Crippen molar-refractivity contribution in [1.82, 2.24) is 25.3 Å². The highest BCUT2D eigenvalue weighted by atomic mass is 19.3. The quantitative estimate of drug-likeness (QED) is 0.611. The first kappa shape index (κ1) is 18.3. The molecule has 0 unspecified atom stereocenters. The Bertz CT molecular complexity index is 1000. The third-order valence-corrected chi connectivity index (χ3v) is 3.68. The fourth-order valence-electron chi connectivity index (χ4n) is 2.34. The molecule has 0 spiro atoms. The molecular formula is C18H16F2N6O. The molecule has 9 heteroatoms. The van der Waals surface area contributed by atoms with Gasteiger partial charge in [-0.1, -0.05) is 11.8 Å². The van der Waals surface area contributed by atoms with Gasteiger partial charge in [0.25, 0.3) is 12.3 Å². The highest BCUT2D eigenvalue weighted by molar-refractivity contribution is 5.93. The van der Waals surface area contributed by atoms with E-state index < -0.39 is 6.43 Å². The minimum atomic E-state index is -2.71. The molecule has 3 rings (SSSR count). The van der Waals surface area contributed by atoms with Crippen LogP contribution in [0.2, 0.25) is 0 Å². The smallest absolute Gasteiger partial charge is 0.287 e. The maximum atomic E-state index is 12.8. The van der Waals surface area contributed by atoms with Crippen LogP contribution in [0.1, 0.15) is 41.5 Å². The molecule has 0 aliphatic heterocycles. The second-order valence-electron chi connectivity index (χ2n) is 5.84. The lowest BCUT2D eigenvalue weighted by atomic mass is 10.1. The first-order valence-corrected chi connectivity index (χ1v) is 8.08. The highest BCUT2D eigenvalue weighted by Gasteiger charge is 2.14. The van der Waals surface area contributed by atoms with Gasteiger partial charge in [0.2, 0.25) is 0 Å². The molecule has 0 bridgehead atoms. The number of nitrogens with one attached hydrogen (secondary N) is 2. The number of nitrogen functional groups attached to an aromatic ring is 1. The van der Waals surface area contributed by atoms with Crippen molar-refractivity contribution in [2.24, 2.45) is 0 Å². The van der Waals surface area contributed by atoms with Gasteiger partial charge < -0.3 is 16.0 Å². The van der Waals surface area contributed by atoms with Crippen LogP contribution in [0.25, 0.3) is 11.2 Å². The lowest BCUT2D eigenvalue weighted by Crippen LogP contribution is -2.32. The summed E-state index contributed by atoms with van der Waals surface area (Å²) in [6.45, 7) is 1.78. The summed E-state index contributed by atoms with van der Waals surface area (Å²) in [4.78, 5) is 27.0. The van der Waals surface area contributed by atoms with Crippen molar-refractivity contribution in [2.45, 2.75) is 25.8 Å². The summed E-state index contributed by atoms with van der Waals surface area (Å²) in [5, 5.41) is 2.76. The molecule has 7 nitrogen and oxygen atoms in total. The predicted octanol–water partition coefficient (Wildman–Crippen LogP) is 2.43. The molecule has 0 aliphatic rings. The van der Waals surface area contributed by atoms with Crippen LogP contribution in [0.4, 0.5) is 14.6 Å². The predicted molar refractivity (Wildman–Crippen MR) is 95.9 cm³/mol. The van der Waals surface area contributed by atoms with Gasteiger partial charge in [-0.25, -0.2) is 23.7 Å². The summed E-state index contributed by atoms with van der Waals surface area (Å²) < 4.78 is 25.6. The van der Waals surface area contributed by atoms with Crippen molar-refractivity contribution in [3.63, 3.8) is 0 Å². The molecule has 138 valence electrons. The van der Waals surface area contributed by atoms with E-state index >= 15 is 0 Å². The second kappa shape index (κ2) is 7.78. The molecule has 0 aromatic carbocycles. The molecule has 4 N–H and O–H groups in total. The van der Waals surface area contributed by atoms with Crippen LogP contribution >= 0.6 is 0 Å². The number of halogens is 2. The van der Waals surface area contributed by atoms with E-state index in [9.17, 15) is 13.6 Å². The summed E-state index contributed by atoms with van der Waals surface area (Å²) in [5.41, 5.74) is 6.52. The number of pyridine rings is 2. The number of H-pyrrole nitrogens is 1. The van der Waals surface area contributed by atoms with Crippen LogP contribution in [0.3, 0.4) is 0 Å². The summed E-state index contributed by atoms with van der Waals surface area (Å²) in [6, 6.07) is 4.45. The molecule has 1 amide bonds. The Balaban J connectivity index is 1.61. The number of aromatic amines is 1. The monoisotopic (exact) mass is 370 g/mol. The van der Waals surface area contributed by atoms with Crippen molar-refractivity contribution < 1.29 is 13.6 Å². The number of hydrogen-bond acceptors (Lipinski definition) is 5. The Morgan fingerprint density at radius 1 is 1.41 bits per heavy atom. The molecule has 3 aromatic heterocycles. The molecule has 0 aliphatic carbocycles. The van der Waals surface area contributed by atoms with Crippen LogP contribution in [-0.2, 0) is 0 Å². The van der Waals surface area contributed by atoms with E-state index in [1.807, 2.05) is 0 Å². The summed E-state index contributed by atoms with van der Waals surface area (Å²) in [7, 11) is 0. The van der Waals surface area contributed by atoms with Gasteiger partial charge in [-0.2, -0.15) is 0 Å². The maximum Gasteiger partial charge on any atom is 0.287 e. The first-order chi connectivity index (χ1) is 12.9. The van der Waals surface area contributed by atoms with E-state index in [-0.39, 0.29) is 29.2 Å². The number of hydrogen-bond donors (Lipinski definition) is 3. The Morgan fingerprint density at radius 3 is 2.96 bits per heavy atom. The van der Waals surface area contributed by atoms with Crippen LogP contribution in [-0.4, -0.2) is 31.9 Å². The number of carbonyl (C=O) groups is 1. The number of alkyl halides is 2. The van der Waals surface area contributed by atoms with Gasteiger partial charge in [-0.3, -0.25) is 4.79 Å². The molecule has 27 heavy (non-hydrogen) atoms. The average Bonchev–Trinajstić information content (AvgIpc) is 3.07. The van der Waals surface area contributed by atoms with Gasteiger partial charge in [-0.05, 0) is 25.1 Å². The van der Waals surface area contributed by atoms with E-state index in [4.69, 9.17) is 5.73 Å². The zero-order chi connectivity index (χ0) is 19.4. The minimum absolute atomic E-state index is 0.160. The number of nitrogens with two attached hydrogens (primary N) is 1. The van der Waals surface area contributed by atoms with Crippen LogP contribution < -0.4 is 11.1 Å². The van der Waals surface area contributed by atoms with Gasteiger partial charge >= 0.3 is 0 Å². The van der Waals surface area contributed by atoms with Gasteiger partial charge in [0.1, 0.15) is 5.82 Å². The summed E-state index contributed by atoms with van der Waals surface area (Å²) in [5.74, 6) is 5.15. The van der Waals surface area contributed by atoms with Crippen molar-refractivity contribution >= 4 is 22.9 Å². The normalized spacial score (nSPS) is 11.9. The van der Waals surface area contributed by atoms with Gasteiger partial charge in [0.05, 0.1) is 11.1 Å². The van der Waals surface area contributed by atoms with Crippen molar-refractivity contribution in [1.29, 1.82) is 0 Å². The fraction of sp³-hybridized carbons (Fsp3) is 0.222. The van der Waals surface area contributed by atoms with Crippen LogP contribution in [0, 0.1) is 11.8 Å². The number of imidazole rings is 1. The summed E-state index contributed by atoms with van der Waals surface area (Å²) in [6.07, 6.45) is 0.530. The molecule has 1 atom stereocenters. The van der Waals surface area contributed by atoms with Crippen molar-refractivity contribution in [3.05, 3.63) is 47.5 Å². The molecule has 0 saturated carbocycles.